The molecule has 1 fully saturated rings. The molecule has 0 spiro atoms. The lowest BCUT2D eigenvalue weighted by Crippen LogP contribution is -2.14. The second-order valence-electron chi connectivity index (χ2n) is 7.75. The molecule has 0 bridgehead atoms. The van der Waals surface area contributed by atoms with Gasteiger partial charge in [-0.05, 0) is 55.2 Å². The summed E-state index contributed by atoms with van der Waals surface area (Å²) in [7, 11) is 0. The Hall–Kier alpha value is -2.74. The molecule has 152 valence electrons. The van der Waals surface area contributed by atoms with Gasteiger partial charge in [0.2, 0.25) is 0 Å². The highest BCUT2D eigenvalue weighted by Crippen LogP contribution is 2.37. The fraction of sp³-hybridized carbons (Fsp3) is 0.417. The van der Waals surface area contributed by atoms with E-state index in [0.717, 1.165) is 18.1 Å². The van der Waals surface area contributed by atoms with E-state index in [2.05, 4.69) is 6.92 Å². The highest BCUT2D eigenvalue weighted by molar-refractivity contribution is 5.91. The van der Waals surface area contributed by atoms with E-state index < -0.39 is 23.2 Å². The molecule has 3 rings (SSSR count). The molecule has 1 saturated carbocycles. The minimum absolute atomic E-state index is 0.265. The molecule has 0 aromatic heterocycles. The highest BCUT2D eigenvalue weighted by atomic mass is 19.1. The molecule has 3 nitrogen and oxygen atoms in total. The number of carbonyl (C=O) groups excluding carboxylic acids is 1. The lowest BCUT2D eigenvalue weighted by molar-refractivity contribution is 0.0734. The van der Waals surface area contributed by atoms with Crippen LogP contribution in [-0.4, -0.2) is 5.97 Å². The van der Waals surface area contributed by atoms with E-state index in [1.807, 2.05) is 12.1 Å². The summed E-state index contributed by atoms with van der Waals surface area (Å²) in [5.41, 5.74) is 0.833. The zero-order chi connectivity index (χ0) is 20.8. The van der Waals surface area contributed by atoms with Crippen LogP contribution in [0.4, 0.5) is 8.78 Å². The Balaban J connectivity index is 1.60. The summed E-state index contributed by atoms with van der Waals surface area (Å²) >= 11 is 0. The minimum Gasteiger partial charge on any atom is -0.423 e. The van der Waals surface area contributed by atoms with E-state index in [0.29, 0.717) is 11.5 Å². The van der Waals surface area contributed by atoms with Gasteiger partial charge in [0.25, 0.3) is 0 Å². The van der Waals surface area contributed by atoms with Gasteiger partial charge in [-0.1, -0.05) is 38.3 Å². The number of ether oxygens (including phenoxy) is 1. The number of benzene rings is 2. The summed E-state index contributed by atoms with van der Waals surface area (Å²) in [5.74, 6) is -1.71. The molecule has 1 aliphatic carbocycles. The van der Waals surface area contributed by atoms with Crippen LogP contribution in [0.5, 0.6) is 5.75 Å². The molecule has 5 heteroatoms. The minimum atomic E-state index is -1.06. The monoisotopic (exact) mass is 397 g/mol. The van der Waals surface area contributed by atoms with Crippen molar-refractivity contribution >= 4 is 5.97 Å². The van der Waals surface area contributed by atoms with E-state index in [4.69, 9.17) is 10.00 Å². The van der Waals surface area contributed by atoms with Crippen molar-refractivity contribution in [1.29, 1.82) is 5.26 Å². The van der Waals surface area contributed by atoms with Crippen LogP contribution in [0.2, 0.25) is 0 Å². The van der Waals surface area contributed by atoms with Gasteiger partial charge in [-0.15, -0.1) is 0 Å². The SMILES string of the molecule is CCCCC1CCC(c2ccc(C(=O)Oc3cc(F)c(C#N)c(F)c3)cc2)CC1. The first-order chi connectivity index (χ1) is 14.0. The molecule has 29 heavy (non-hydrogen) atoms. The summed E-state index contributed by atoms with van der Waals surface area (Å²) in [6.07, 6.45) is 8.72. The lowest BCUT2D eigenvalue weighted by Gasteiger charge is -2.28. The largest absolute Gasteiger partial charge is 0.423 e. The van der Waals surface area contributed by atoms with Crippen LogP contribution in [0, 0.1) is 28.9 Å². The number of halogens is 2. The van der Waals surface area contributed by atoms with E-state index in [1.165, 1.54) is 56.6 Å². The van der Waals surface area contributed by atoms with Gasteiger partial charge in [0, 0.05) is 12.1 Å². The van der Waals surface area contributed by atoms with E-state index in [1.54, 1.807) is 12.1 Å². The number of hydrogen-bond donors (Lipinski definition) is 0. The Morgan fingerprint density at radius 2 is 1.72 bits per heavy atom. The van der Waals surface area contributed by atoms with Gasteiger partial charge in [-0.2, -0.15) is 5.26 Å². The molecular formula is C24H25F2NO2. The first-order valence-corrected chi connectivity index (χ1v) is 10.2. The van der Waals surface area contributed by atoms with Crippen LogP contribution in [0.3, 0.4) is 0 Å². The topological polar surface area (TPSA) is 50.1 Å². The van der Waals surface area contributed by atoms with Gasteiger partial charge in [-0.25, -0.2) is 13.6 Å². The Morgan fingerprint density at radius 1 is 1.10 bits per heavy atom. The van der Waals surface area contributed by atoms with Gasteiger partial charge in [0.15, 0.2) is 0 Å². The summed E-state index contributed by atoms with van der Waals surface area (Å²) in [5, 5.41) is 8.70. The fourth-order valence-electron chi connectivity index (χ4n) is 4.05. The molecule has 0 amide bonds. The van der Waals surface area contributed by atoms with Crippen molar-refractivity contribution in [3.05, 3.63) is 64.7 Å². The molecule has 0 radical (unpaired) electrons. The molecular weight excluding hydrogens is 372 g/mol. The zero-order valence-electron chi connectivity index (χ0n) is 16.6. The predicted octanol–water partition coefficient (Wildman–Crippen LogP) is 6.52. The highest BCUT2D eigenvalue weighted by Gasteiger charge is 2.22. The first kappa shape index (κ1) is 21.0. The maximum atomic E-state index is 13.7. The smallest absolute Gasteiger partial charge is 0.343 e. The van der Waals surface area contributed by atoms with Crippen LogP contribution in [0.25, 0.3) is 0 Å². The molecule has 2 aromatic rings. The average Bonchev–Trinajstić information content (AvgIpc) is 2.72. The molecule has 0 saturated heterocycles. The maximum Gasteiger partial charge on any atom is 0.343 e. The third-order valence-electron chi connectivity index (χ3n) is 5.77. The molecule has 2 aromatic carbocycles. The third kappa shape index (κ3) is 5.20. The Bertz CT molecular complexity index is 871. The number of carbonyl (C=O) groups is 1. The third-order valence-corrected chi connectivity index (χ3v) is 5.77. The van der Waals surface area contributed by atoms with Gasteiger partial charge >= 0.3 is 5.97 Å². The van der Waals surface area contributed by atoms with Crippen molar-refractivity contribution < 1.29 is 18.3 Å². The standard InChI is InChI=1S/C24H25F2NO2/c1-2-3-4-16-5-7-17(8-6-16)18-9-11-19(12-10-18)24(28)29-20-13-22(25)21(15-27)23(26)14-20/h9-14,16-17H,2-8H2,1H3. The molecule has 0 unspecified atom stereocenters. The van der Waals surface area contributed by atoms with Gasteiger partial charge < -0.3 is 4.74 Å². The molecule has 0 aliphatic heterocycles. The van der Waals surface area contributed by atoms with Crippen LogP contribution in [0.1, 0.15) is 79.3 Å². The quantitative estimate of drug-likeness (QED) is 0.412. The van der Waals surface area contributed by atoms with Crippen LogP contribution in [0.15, 0.2) is 36.4 Å². The Labute approximate surface area is 170 Å². The van der Waals surface area contributed by atoms with E-state index >= 15 is 0 Å². The number of nitrogens with zero attached hydrogens (tertiary/aromatic N) is 1. The maximum absolute atomic E-state index is 13.7. The van der Waals surface area contributed by atoms with Gasteiger partial charge in [0.1, 0.15) is 29.0 Å². The van der Waals surface area contributed by atoms with Crippen molar-refractivity contribution in [2.24, 2.45) is 5.92 Å². The summed E-state index contributed by atoms with van der Waals surface area (Å²) < 4.78 is 32.4. The van der Waals surface area contributed by atoms with Crippen molar-refractivity contribution in [3.8, 4) is 11.8 Å². The number of esters is 1. The second kappa shape index (κ2) is 9.65. The van der Waals surface area contributed by atoms with Crippen molar-refractivity contribution in [3.63, 3.8) is 0 Å². The van der Waals surface area contributed by atoms with Crippen molar-refractivity contribution in [2.45, 2.75) is 57.8 Å². The number of hydrogen-bond acceptors (Lipinski definition) is 3. The molecule has 0 atom stereocenters. The Morgan fingerprint density at radius 3 is 2.28 bits per heavy atom. The number of rotatable bonds is 6. The van der Waals surface area contributed by atoms with Crippen LogP contribution in [-0.2, 0) is 0 Å². The zero-order valence-corrected chi connectivity index (χ0v) is 16.6. The normalized spacial score (nSPS) is 18.8. The first-order valence-electron chi connectivity index (χ1n) is 10.2. The molecule has 1 aliphatic rings. The Kier molecular flexibility index (Phi) is 6.98. The second-order valence-corrected chi connectivity index (χ2v) is 7.75. The fourth-order valence-corrected chi connectivity index (χ4v) is 4.05. The van der Waals surface area contributed by atoms with E-state index in [9.17, 15) is 13.6 Å². The molecule has 0 N–H and O–H groups in total. The predicted molar refractivity (Wildman–Crippen MR) is 107 cm³/mol. The lowest BCUT2D eigenvalue weighted by atomic mass is 9.77. The van der Waals surface area contributed by atoms with Gasteiger partial charge in [-0.3, -0.25) is 0 Å². The summed E-state index contributed by atoms with van der Waals surface area (Å²) in [6, 6.07) is 10.4. The number of unbranched alkanes of at least 4 members (excludes halogenated alkanes) is 1. The van der Waals surface area contributed by atoms with E-state index in [-0.39, 0.29) is 5.75 Å². The van der Waals surface area contributed by atoms with Gasteiger partial charge in [0.05, 0.1) is 5.56 Å². The average molecular weight is 397 g/mol. The summed E-state index contributed by atoms with van der Waals surface area (Å²) in [6.45, 7) is 2.23. The van der Waals surface area contributed by atoms with Crippen molar-refractivity contribution in [1.82, 2.24) is 0 Å². The van der Waals surface area contributed by atoms with Crippen molar-refractivity contribution in [2.75, 3.05) is 0 Å². The summed E-state index contributed by atoms with van der Waals surface area (Å²) in [4.78, 5) is 12.3. The van der Waals surface area contributed by atoms with Crippen LogP contribution < -0.4 is 4.74 Å². The molecule has 0 heterocycles. The van der Waals surface area contributed by atoms with Crippen LogP contribution >= 0.6 is 0 Å². The number of nitriles is 1.